The number of rotatable bonds is 1. The molecule has 0 N–H and O–H groups in total. The summed E-state index contributed by atoms with van der Waals surface area (Å²) >= 11 is 0. The van der Waals surface area contributed by atoms with E-state index in [0.717, 1.165) is 10.8 Å². The number of anilines is 1. The van der Waals surface area contributed by atoms with Crippen molar-refractivity contribution in [1.29, 1.82) is 0 Å². The second-order valence-corrected chi connectivity index (χ2v) is 6.38. The van der Waals surface area contributed by atoms with Crippen LogP contribution in [0.25, 0.3) is 10.8 Å². The van der Waals surface area contributed by atoms with Crippen molar-refractivity contribution in [2.24, 2.45) is 0 Å². The number of carbonyl (C=O) groups excluding carboxylic acids is 1. The Morgan fingerprint density at radius 1 is 0.957 bits per heavy atom. The fraction of sp³-hybridized carbons (Fsp3) is 0. The summed E-state index contributed by atoms with van der Waals surface area (Å²) in [6, 6.07) is 15.2. The SMILES string of the molecule is O=C1c2cc3ccccc3cc2OS(=O)(=O)N1c1ccccn1. The standard InChI is InChI=1S/C16H10N2O4S/c19-16-13-9-11-5-1-2-6-12(11)10-14(13)22-23(20,21)18(16)15-7-3-4-8-17-15/h1-10H. The molecule has 0 atom stereocenters. The van der Waals surface area contributed by atoms with Crippen molar-refractivity contribution < 1.29 is 17.4 Å². The molecule has 0 aliphatic carbocycles. The van der Waals surface area contributed by atoms with Gasteiger partial charge in [0.1, 0.15) is 0 Å². The van der Waals surface area contributed by atoms with Crippen molar-refractivity contribution in [3.8, 4) is 5.75 Å². The van der Waals surface area contributed by atoms with Crippen molar-refractivity contribution >= 4 is 32.8 Å². The highest BCUT2D eigenvalue weighted by atomic mass is 32.2. The van der Waals surface area contributed by atoms with E-state index in [0.29, 0.717) is 4.31 Å². The van der Waals surface area contributed by atoms with Gasteiger partial charge in [0.25, 0.3) is 5.91 Å². The maximum Gasteiger partial charge on any atom is 0.418 e. The first-order chi connectivity index (χ1) is 11.1. The first-order valence-corrected chi connectivity index (χ1v) is 8.16. The Morgan fingerprint density at radius 2 is 1.65 bits per heavy atom. The lowest BCUT2D eigenvalue weighted by Gasteiger charge is -2.26. The molecule has 3 aromatic rings. The van der Waals surface area contributed by atoms with Crippen LogP contribution in [0, 0.1) is 0 Å². The minimum Gasteiger partial charge on any atom is -0.365 e. The van der Waals surface area contributed by atoms with Gasteiger partial charge in [-0.3, -0.25) is 4.79 Å². The van der Waals surface area contributed by atoms with E-state index in [1.807, 2.05) is 24.3 Å². The number of nitrogens with zero attached hydrogens (tertiary/aromatic N) is 2. The fourth-order valence-electron chi connectivity index (χ4n) is 2.51. The molecule has 1 amide bonds. The van der Waals surface area contributed by atoms with Crippen molar-refractivity contribution in [3.63, 3.8) is 0 Å². The van der Waals surface area contributed by atoms with E-state index in [4.69, 9.17) is 4.18 Å². The van der Waals surface area contributed by atoms with E-state index < -0.39 is 16.2 Å². The molecule has 6 nitrogen and oxygen atoms in total. The summed E-state index contributed by atoms with van der Waals surface area (Å²) in [5.74, 6) is -0.659. The molecule has 0 bridgehead atoms. The maximum absolute atomic E-state index is 12.7. The largest absolute Gasteiger partial charge is 0.418 e. The smallest absolute Gasteiger partial charge is 0.365 e. The fourth-order valence-corrected chi connectivity index (χ4v) is 3.59. The summed E-state index contributed by atoms with van der Waals surface area (Å²) in [6.07, 6.45) is 1.41. The Hall–Kier alpha value is -2.93. The molecule has 4 rings (SSSR count). The van der Waals surface area contributed by atoms with E-state index in [-0.39, 0.29) is 17.1 Å². The van der Waals surface area contributed by atoms with Gasteiger partial charge in [-0.05, 0) is 35.0 Å². The summed E-state index contributed by atoms with van der Waals surface area (Å²) in [5.41, 5.74) is 0.184. The molecule has 0 saturated heterocycles. The third-order valence-corrected chi connectivity index (χ3v) is 4.73. The molecule has 1 aliphatic heterocycles. The van der Waals surface area contributed by atoms with Crippen molar-refractivity contribution in [2.45, 2.75) is 0 Å². The minimum absolute atomic E-state index is 0.00342. The van der Waals surface area contributed by atoms with Gasteiger partial charge in [0.2, 0.25) is 0 Å². The van der Waals surface area contributed by atoms with E-state index in [1.54, 1.807) is 24.3 Å². The van der Waals surface area contributed by atoms with Gasteiger partial charge in [0, 0.05) is 6.20 Å². The van der Waals surface area contributed by atoms with Gasteiger partial charge in [-0.25, -0.2) is 4.98 Å². The first-order valence-electron chi connectivity index (χ1n) is 6.79. The lowest BCUT2D eigenvalue weighted by molar-refractivity contribution is 0.0996. The molecule has 0 fully saturated rings. The normalized spacial score (nSPS) is 16.0. The third-order valence-electron chi connectivity index (χ3n) is 3.54. The Balaban J connectivity index is 1.95. The molecule has 1 aromatic heterocycles. The molecule has 0 radical (unpaired) electrons. The molecule has 0 saturated carbocycles. The van der Waals surface area contributed by atoms with Crippen LogP contribution in [-0.4, -0.2) is 19.3 Å². The average Bonchev–Trinajstić information content (AvgIpc) is 2.54. The van der Waals surface area contributed by atoms with Crippen LogP contribution in [0.15, 0.2) is 60.8 Å². The molecule has 7 heteroatoms. The van der Waals surface area contributed by atoms with Crippen LogP contribution in [0.2, 0.25) is 0 Å². The predicted molar refractivity (Wildman–Crippen MR) is 84.5 cm³/mol. The monoisotopic (exact) mass is 326 g/mol. The predicted octanol–water partition coefficient (Wildman–Crippen LogP) is 2.52. The molecule has 114 valence electrons. The number of aromatic nitrogens is 1. The zero-order chi connectivity index (χ0) is 16.0. The Kier molecular flexibility index (Phi) is 2.85. The zero-order valence-electron chi connectivity index (χ0n) is 11.7. The van der Waals surface area contributed by atoms with E-state index >= 15 is 0 Å². The quantitative estimate of drug-likeness (QED) is 0.687. The van der Waals surface area contributed by atoms with Crippen LogP contribution in [0.3, 0.4) is 0 Å². The van der Waals surface area contributed by atoms with E-state index in [9.17, 15) is 13.2 Å². The molecular formula is C16H10N2O4S. The van der Waals surface area contributed by atoms with Gasteiger partial charge in [0.05, 0.1) is 5.56 Å². The van der Waals surface area contributed by atoms with E-state index in [2.05, 4.69) is 4.98 Å². The second kappa shape index (κ2) is 4.79. The summed E-state index contributed by atoms with van der Waals surface area (Å²) in [5, 5.41) is 1.61. The van der Waals surface area contributed by atoms with Crippen LogP contribution < -0.4 is 8.49 Å². The Morgan fingerprint density at radius 3 is 2.35 bits per heavy atom. The van der Waals surface area contributed by atoms with Crippen LogP contribution in [-0.2, 0) is 10.3 Å². The van der Waals surface area contributed by atoms with Gasteiger partial charge in [0.15, 0.2) is 11.6 Å². The number of carbonyl (C=O) groups is 1. The van der Waals surface area contributed by atoms with Crippen molar-refractivity contribution in [3.05, 3.63) is 66.4 Å². The molecule has 23 heavy (non-hydrogen) atoms. The number of amides is 1. The topological polar surface area (TPSA) is 76.6 Å². The highest BCUT2D eigenvalue weighted by Crippen LogP contribution is 2.34. The van der Waals surface area contributed by atoms with Crippen LogP contribution >= 0.6 is 0 Å². The van der Waals surface area contributed by atoms with Crippen molar-refractivity contribution in [1.82, 2.24) is 4.98 Å². The molecule has 2 heterocycles. The lowest BCUT2D eigenvalue weighted by Crippen LogP contribution is -2.44. The zero-order valence-corrected chi connectivity index (χ0v) is 12.5. The molecule has 0 spiro atoms. The summed E-state index contributed by atoms with van der Waals surface area (Å²) in [7, 11) is -4.29. The summed E-state index contributed by atoms with van der Waals surface area (Å²) in [4.78, 5) is 16.6. The Labute approximate surface area is 132 Å². The summed E-state index contributed by atoms with van der Waals surface area (Å²) in [6.45, 7) is 0. The van der Waals surface area contributed by atoms with E-state index in [1.165, 1.54) is 12.3 Å². The first kappa shape index (κ1) is 13.7. The third kappa shape index (κ3) is 2.13. The molecule has 1 aliphatic rings. The number of fused-ring (bicyclic) bond motifs is 2. The lowest BCUT2D eigenvalue weighted by atomic mass is 10.1. The number of hydrogen-bond acceptors (Lipinski definition) is 5. The van der Waals surface area contributed by atoms with Gasteiger partial charge < -0.3 is 4.18 Å². The highest BCUT2D eigenvalue weighted by molar-refractivity contribution is 7.89. The van der Waals surface area contributed by atoms with Gasteiger partial charge in [-0.15, -0.1) is 0 Å². The molecule has 2 aromatic carbocycles. The van der Waals surface area contributed by atoms with Crippen LogP contribution in [0.1, 0.15) is 10.4 Å². The number of pyridine rings is 1. The maximum atomic E-state index is 12.7. The van der Waals surface area contributed by atoms with Gasteiger partial charge in [-0.1, -0.05) is 30.3 Å². The van der Waals surface area contributed by atoms with Gasteiger partial charge >= 0.3 is 10.3 Å². The van der Waals surface area contributed by atoms with Gasteiger partial charge in [-0.2, -0.15) is 12.7 Å². The second-order valence-electron chi connectivity index (χ2n) is 4.99. The van der Waals surface area contributed by atoms with Crippen molar-refractivity contribution in [2.75, 3.05) is 4.31 Å². The number of hydrogen-bond donors (Lipinski definition) is 0. The molecule has 0 unspecified atom stereocenters. The molecular weight excluding hydrogens is 316 g/mol. The highest BCUT2D eigenvalue weighted by Gasteiger charge is 2.40. The average molecular weight is 326 g/mol. The van der Waals surface area contributed by atoms with Crippen LogP contribution in [0.4, 0.5) is 5.82 Å². The van der Waals surface area contributed by atoms with Crippen LogP contribution in [0.5, 0.6) is 5.75 Å². The minimum atomic E-state index is -4.29. The summed E-state index contributed by atoms with van der Waals surface area (Å²) < 4.78 is 30.3. The number of benzene rings is 2. The Bertz CT molecular complexity index is 1030.